The van der Waals surface area contributed by atoms with Gasteiger partial charge in [-0.25, -0.2) is 13.0 Å². The van der Waals surface area contributed by atoms with Crippen molar-refractivity contribution in [2.75, 3.05) is 18.8 Å². The van der Waals surface area contributed by atoms with Crippen LogP contribution in [0.3, 0.4) is 0 Å². The fourth-order valence-electron chi connectivity index (χ4n) is 1.91. The summed E-state index contributed by atoms with van der Waals surface area (Å²) in [6, 6.07) is 0. The maximum atomic E-state index is 11.5. The summed E-state index contributed by atoms with van der Waals surface area (Å²) in [6.45, 7) is 8.22. The molecule has 1 saturated heterocycles. The minimum absolute atomic E-state index is 0.235. The summed E-state index contributed by atoms with van der Waals surface area (Å²) in [5, 5.41) is 1.46. The van der Waals surface area contributed by atoms with Crippen LogP contribution in [0.25, 0.3) is 0 Å². The van der Waals surface area contributed by atoms with E-state index in [2.05, 4.69) is 18.4 Å². The summed E-state index contributed by atoms with van der Waals surface area (Å²) in [5.74, 6) is 0.248. The van der Waals surface area contributed by atoms with Gasteiger partial charge in [-0.3, -0.25) is 0 Å². The second-order valence-electron chi connectivity index (χ2n) is 4.16. The van der Waals surface area contributed by atoms with E-state index in [1.807, 2.05) is 6.92 Å². The van der Waals surface area contributed by atoms with Crippen LogP contribution in [0.1, 0.15) is 20.8 Å². The fourth-order valence-corrected chi connectivity index (χ4v) is 8.07. The molecule has 0 aromatic rings. The van der Waals surface area contributed by atoms with E-state index in [1.165, 1.54) is 9.78 Å². The molecule has 2 aliphatic rings. The van der Waals surface area contributed by atoms with Gasteiger partial charge in [-0.1, -0.05) is 0 Å². The van der Waals surface area contributed by atoms with E-state index < -0.39 is 9.84 Å². The highest BCUT2D eigenvalue weighted by Gasteiger charge is 2.50. The molecule has 0 amide bonds. The van der Waals surface area contributed by atoms with Crippen LogP contribution in [0.4, 0.5) is 0 Å². The van der Waals surface area contributed by atoms with Crippen molar-refractivity contribution in [1.82, 2.24) is 0 Å². The molecule has 3 nitrogen and oxygen atoms in total. The van der Waals surface area contributed by atoms with Crippen LogP contribution < -0.4 is 0 Å². The third-order valence-corrected chi connectivity index (χ3v) is 7.82. The highest BCUT2D eigenvalue weighted by atomic mass is 32.2. The van der Waals surface area contributed by atoms with Crippen LogP contribution >= 0.6 is 23.5 Å². The van der Waals surface area contributed by atoms with E-state index >= 15 is 0 Å². The average Bonchev–Trinajstić information content (AvgIpc) is 2.53. The van der Waals surface area contributed by atoms with Gasteiger partial charge in [0.05, 0.1) is 10.5 Å². The second-order valence-corrected chi connectivity index (χ2v) is 8.79. The summed E-state index contributed by atoms with van der Waals surface area (Å²) in [5.41, 5.74) is 0. The van der Waals surface area contributed by atoms with Crippen LogP contribution in [-0.2, 0) is 9.84 Å². The lowest BCUT2D eigenvalue weighted by Crippen LogP contribution is -2.23. The minimum atomic E-state index is -2.96. The summed E-state index contributed by atoms with van der Waals surface area (Å²) in [6.07, 6.45) is 0. The molecule has 0 bridgehead atoms. The predicted octanol–water partition coefficient (Wildman–Crippen LogP) is 1.90. The summed E-state index contributed by atoms with van der Waals surface area (Å²) >= 11 is 3.33. The zero-order chi connectivity index (χ0) is 12.0. The van der Waals surface area contributed by atoms with Gasteiger partial charge in [0.15, 0.2) is 9.84 Å². The van der Waals surface area contributed by atoms with Crippen molar-refractivity contribution in [3.8, 4) is 0 Å². The molecule has 0 unspecified atom stereocenters. The third kappa shape index (κ3) is 2.07. The van der Waals surface area contributed by atoms with Gasteiger partial charge >= 0.3 is 0 Å². The largest absolute Gasteiger partial charge is 0.275 e. The second kappa shape index (κ2) is 4.07. The lowest BCUT2D eigenvalue weighted by molar-refractivity contribution is -0.515. The molecule has 0 N–H and O–H groups in total. The topological polar surface area (TPSA) is 37.1 Å². The van der Waals surface area contributed by atoms with Crippen molar-refractivity contribution in [2.24, 2.45) is 0 Å². The summed E-state index contributed by atoms with van der Waals surface area (Å²) < 4.78 is 26.4. The summed E-state index contributed by atoms with van der Waals surface area (Å²) in [7, 11) is -2.96. The molecule has 1 atom stereocenters. The molecule has 0 saturated carbocycles. The monoisotopic (exact) mass is 278 g/mol. The SMILES string of the molecule is CC[N+](CC)=C1SC2=CS(=O)(=O)C[C@@]2(C)S1. The molecular weight excluding hydrogens is 262 g/mol. The van der Waals surface area contributed by atoms with Crippen LogP contribution in [0.2, 0.25) is 0 Å². The third-order valence-electron chi connectivity index (χ3n) is 2.82. The highest BCUT2D eigenvalue weighted by molar-refractivity contribution is 8.44. The van der Waals surface area contributed by atoms with Crippen LogP contribution in [-0.4, -0.2) is 41.0 Å². The molecule has 6 heteroatoms. The van der Waals surface area contributed by atoms with Crippen LogP contribution in [0.5, 0.6) is 0 Å². The Balaban J connectivity index is 2.38. The van der Waals surface area contributed by atoms with Gasteiger partial charge in [-0.05, 0) is 44.3 Å². The lowest BCUT2D eigenvalue weighted by Gasteiger charge is -2.13. The maximum absolute atomic E-state index is 11.5. The van der Waals surface area contributed by atoms with Gasteiger partial charge in [0.2, 0.25) is 0 Å². The number of sulfone groups is 1. The predicted molar refractivity (Wildman–Crippen MR) is 71.8 cm³/mol. The molecule has 2 aliphatic heterocycles. The molecule has 2 rings (SSSR count). The van der Waals surface area contributed by atoms with Gasteiger partial charge in [0.1, 0.15) is 13.1 Å². The van der Waals surface area contributed by atoms with Gasteiger partial charge in [-0.15, -0.1) is 0 Å². The molecule has 2 heterocycles. The quantitative estimate of drug-likeness (QED) is 0.723. The van der Waals surface area contributed by atoms with E-state index in [-0.39, 0.29) is 10.5 Å². The molecule has 0 spiro atoms. The molecule has 16 heavy (non-hydrogen) atoms. The Bertz CT molecular complexity index is 472. The molecule has 0 aromatic heterocycles. The standard InChI is InChI=1S/C10H16NO2S3/c1-4-11(5-2)9-14-8-6-16(12,13)7-10(8,3)15-9/h6H,4-5,7H2,1-3H3/q+1/t10-/m1/s1. The van der Waals surface area contributed by atoms with Crippen molar-refractivity contribution in [1.29, 1.82) is 0 Å². The number of thioether (sulfide) groups is 2. The van der Waals surface area contributed by atoms with Crippen molar-refractivity contribution < 1.29 is 13.0 Å². The Kier molecular flexibility index (Phi) is 3.18. The van der Waals surface area contributed by atoms with E-state index in [0.29, 0.717) is 0 Å². The molecular formula is C10H16NO2S3+. The number of hydrogen-bond acceptors (Lipinski definition) is 4. The first-order valence-electron chi connectivity index (χ1n) is 5.34. The first-order chi connectivity index (χ1) is 7.40. The first kappa shape index (κ1) is 12.5. The zero-order valence-corrected chi connectivity index (χ0v) is 12.1. The first-order valence-corrected chi connectivity index (χ1v) is 8.69. The Morgan fingerprint density at radius 1 is 1.44 bits per heavy atom. The maximum Gasteiger partial charge on any atom is 0.275 e. The normalized spacial score (nSPS) is 31.4. The van der Waals surface area contributed by atoms with Crippen molar-refractivity contribution in [3.05, 3.63) is 10.3 Å². The van der Waals surface area contributed by atoms with E-state index in [9.17, 15) is 8.42 Å². The highest BCUT2D eigenvalue weighted by Crippen LogP contribution is 2.54. The Morgan fingerprint density at radius 3 is 2.56 bits per heavy atom. The average molecular weight is 278 g/mol. The van der Waals surface area contributed by atoms with Gasteiger partial charge in [0.25, 0.3) is 4.38 Å². The smallest absolute Gasteiger partial charge is 0.224 e. The van der Waals surface area contributed by atoms with Gasteiger partial charge in [-0.2, -0.15) is 0 Å². The number of hydrogen-bond donors (Lipinski definition) is 0. The van der Waals surface area contributed by atoms with E-state index in [0.717, 1.165) is 18.0 Å². The van der Waals surface area contributed by atoms with Crippen molar-refractivity contribution in [2.45, 2.75) is 25.5 Å². The molecule has 0 aromatic carbocycles. The minimum Gasteiger partial charge on any atom is -0.224 e. The van der Waals surface area contributed by atoms with Crippen molar-refractivity contribution >= 4 is 37.7 Å². The zero-order valence-electron chi connectivity index (χ0n) is 9.69. The summed E-state index contributed by atoms with van der Waals surface area (Å²) in [4.78, 5) is 0.999. The van der Waals surface area contributed by atoms with Crippen LogP contribution in [0.15, 0.2) is 10.3 Å². The van der Waals surface area contributed by atoms with Crippen molar-refractivity contribution in [3.63, 3.8) is 0 Å². The van der Waals surface area contributed by atoms with E-state index in [4.69, 9.17) is 0 Å². The molecule has 90 valence electrons. The Labute approximate surface area is 105 Å². The number of rotatable bonds is 2. The lowest BCUT2D eigenvalue weighted by atomic mass is 10.2. The Morgan fingerprint density at radius 2 is 2.06 bits per heavy atom. The van der Waals surface area contributed by atoms with Gasteiger partial charge in [0, 0.05) is 10.3 Å². The fraction of sp³-hybridized carbons (Fsp3) is 0.700. The molecule has 0 aliphatic carbocycles. The number of nitrogens with zero attached hydrogens (tertiary/aromatic N) is 1. The number of fused-ring (bicyclic) bond motifs is 1. The van der Waals surface area contributed by atoms with Crippen LogP contribution in [0, 0.1) is 0 Å². The Hall–Kier alpha value is 0.0600. The van der Waals surface area contributed by atoms with Gasteiger partial charge < -0.3 is 0 Å². The molecule has 1 fully saturated rings. The van der Waals surface area contributed by atoms with E-state index in [1.54, 1.807) is 23.5 Å². The molecule has 0 radical (unpaired) electrons.